The van der Waals surface area contributed by atoms with E-state index in [9.17, 15) is 4.79 Å². The van der Waals surface area contributed by atoms with E-state index >= 15 is 0 Å². The molecule has 0 aliphatic carbocycles. The third kappa shape index (κ3) is 3.85. The number of likely N-dealkylation sites (tertiary alicyclic amines) is 2. The monoisotopic (exact) mass is 494 g/mol. The molecule has 1 amide bonds. The number of pyridine rings is 1. The minimum absolute atomic E-state index is 0.189. The van der Waals surface area contributed by atoms with Gasteiger partial charge >= 0.3 is 0 Å². The van der Waals surface area contributed by atoms with Crippen LogP contribution in [-0.4, -0.2) is 64.7 Å². The number of hydrogen-bond acceptors (Lipinski definition) is 5. The van der Waals surface area contributed by atoms with Crippen LogP contribution in [0.2, 0.25) is 0 Å². The van der Waals surface area contributed by atoms with Crippen molar-refractivity contribution >= 4 is 16.8 Å². The van der Waals surface area contributed by atoms with Gasteiger partial charge in [0, 0.05) is 62.3 Å². The topological polar surface area (TPSA) is 59.8 Å². The maximum Gasteiger partial charge on any atom is 0.219 e. The first-order chi connectivity index (χ1) is 18.0. The van der Waals surface area contributed by atoms with Crippen molar-refractivity contribution in [3.05, 3.63) is 72.1 Å². The van der Waals surface area contributed by atoms with Gasteiger partial charge in [-0.25, -0.2) is 4.98 Å². The SMILES string of the molecule is CC(=O)N1CC2(CN(Cc3cc(C)nc(-n4ccc5c(-c6ccc7c(c6)OCCO7)cccc54)c3)C2)C1. The summed E-state index contributed by atoms with van der Waals surface area (Å²) in [6, 6.07) is 19.1. The lowest BCUT2D eigenvalue weighted by molar-refractivity contribution is -0.157. The summed E-state index contributed by atoms with van der Waals surface area (Å²) in [6.07, 6.45) is 2.11. The summed E-state index contributed by atoms with van der Waals surface area (Å²) in [7, 11) is 0. The number of hydrogen-bond donors (Lipinski definition) is 0. The van der Waals surface area contributed by atoms with Crippen molar-refractivity contribution in [2.75, 3.05) is 39.4 Å². The second-order valence-electron chi connectivity index (χ2n) is 10.8. The summed E-state index contributed by atoms with van der Waals surface area (Å²) in [5, 5.41) is 1.17. The van der Waals surface area contributed by atoms with Crippen molar-refractivity contribution in [3.8, 4) is 28.4 Å². The van der Waals surface area contributed by atoms with Gasteiger partial charge in [0.15, 0.2) is 11.5 Å². The van der Waals surface area contributed by atoms with Gasteiger partial charge in [0.25, 0.3) is 0 Å². The average molecular weight is 495 g/mol. The van der Waals surface area contributed by atoms with Crippen molar-refractivity contribution in [1.29, 1.82) is 0 Å². The van der Waals surface area contributed by atoms with Crippen LogP contribution in [-0.2, 0) is 11.3 Å². The average Bonchev–Trinajstić information content (AvgIpc) is 3.28. The Balaban J connectivity index is 1.15. The lowest BCUT2D eigenvalue weighted by atomic mass is 9.72. The summed E-state index contributed by atoms with van der Waals surface area (Å²) in [6.45, 7) is 9.71. The van der Waals surface area contributed by atoms with Gasteiger partial charge in [0.05, 0.1) is 5.52 Å². The summed E-state index contributed by atoms with van der Waals surface area (Å²) in [5.41, 5.74) is 5.99. The van der Waals surface area contributed by atoms with Gasteiger partial charge in [0.2, 0.25) is 5.91 Å². The maximum atomic E-state index is 11.6. The number of nitrogens with zero attached hydrogens (tertiary/aromatic N) is 4. The number of amides is 1. The van der Waals surface area contributed by atoms with Crippen LogP contribution in [0, 0.1) is 12.3 Å². The van der Waals surface area contributed by atoms with Crippen molar-refractivity contribution in [2.45, 2.75) is 20.4 Å². The van der Waals surface area contributed by atoms with E-state index in [4.69, 9.17) is 14.5 Å². The molecule has 4 aromatic rings. The number of carbonyl (C=O) groups excluding carboxylic acids is 1. The molecule has 0 saturated carbocycles. The smallest absolute Gasteiger partial charge is 0.219 e. The molecule has 0 unspecified atom stereocenters. The Morgan fingerprint density at radius 3 is 2.59 bits per heavy atom. The minimum Gasteiger partial charge on any atom is -0.486 e. The molecule has 37 heavy (non-hydrogen) atoms. The molecule has 0 bridgehead atoms. The Hall–Kier alpha value is -3.84. The lowest BCUT2D eigenvalue weighted by Gasteiger charge is -2.60. The van der Waals surface area contributed by atoms with E-state index in [-0.39, 0.29) is 5.91 Å². The summed E-state index contributed by atoms with van der Waals surface area (Å²) in [5.74, 6) is 2.73. The third-order valence-electron chi connectivity index (χ3n) is 7.85. The van der Waals surface area contributed by atoms with E-state index in [0.29, 0.717) is 18.6 Å². The molecule has 2 saturated heterocycles. The van der Waals surface area contributed by atoms with Gasteiger partial charge < -0.3 is 18.9 Å². The first-order valence-corrected chi connectivity index (χ1v) is 12.9. The highest BCUT2D eigenvalue weighted by Crippen LogP contribution is 2.41. The highest BCUT2D eigenvalue weighted by atomic mass is 16.6. The predicted octanol–water partition coefficient (Wildman–Crippen LogP) is 4.44. The van der Waals surface area contributed by atoms with E-state index in [1.807, 2.05) is 11.0 Å². The number of ether oxygens (including phenoxy) is 2. The molecule has 2 aromatic heterocycles. The fourth-order valence-electron chi connectivity index (χ4n) is 6.22. The quantitative estimate of drug-likeness (QED) is 0.420. The number of carbonyl (C=O) groups is 1. The van der Waals surface area contributed by atoms with Gasteiger partial charge in [-0.3, -0.25) is 9.69 Å². The number of rotatable bonds is 4. The van der Waals surface area contributed by atoms with E-state index in [2.05, 4.69) is 71.1 Å². The molecule has 5 heterocycles. The predicted molar refractivity (Wildman–Crippen MR) is 142 cm³/mol. The van der Waals surface area contributed by atoms with Crippen LogP contribution in [0.5, 0.6) is 11.5 Å². The Bertz CT molecular complexity index is 1530. The zero-order chi connectivity index (χ0) is 25.1. The van der Waals surface area contributed by atoms with E-state index in [1.54, 1.807) is 6.92 Å². The molecule has 0 radical (unpaired) electrons. The van der Waals surface area contributed by atoms with Crippen molar-refractivity contribution < 1.29 is 14.3 Å². The van der Waals surface area contributed by atoms with Gasteiger partial charge in [0.1, 0.15) is 19.0 Å². The highest BCUT2D eigenvalue weighted by molar-refractivity contribution is 5.96. The van der Waals surface area contributed by atoms with Gasteiger partial charge in [-0.15, -0.1) is 0 Å². The van der Waals surface area contributed by atoms with Crippen LogP contribution in [0.25, 0.3) is 27.8 Å². The fourth-order valence-corrected chi connectivity index (χ4v) is 6.22. The zero-order valence-corrected chi connectivity index (χ0v) is 21.2. The molecule has 3 aliphatic heterocycles. The molecule has 7 rings (SSSR count). The second-order valence-corrected chi connectivity index (χ2v) is 10.8. The Kier molecular flexibility index (Phi) is 5.05. The second kappa shape index (κ2) is 8.35. The molecule has 7 heteroatoms. The molecular weight excluding hydrogens is 464 g/mol. The molecule has 0 N–H and O–H groups in total. The molecule has 7 nitrogen and oxygen atoms in total. The van der Waals surface area contributed by atoms with E-state index in [1.165, 1.54) is 10.9 Å². The molecule has 188 valence electrons. The first kappa shape index (κ1) is 22.4. The standard InChI is InChI=1S/C30H30N4O3/c1-20-12-22(15-32-16-30(17-32)18-33(19-30)21(2)35)13-29(31-20)34-9-8-25-24(4-3-5-26(25)34)23-6-7-27-28(14-23)37-11-10-36-27/h3-9,12-14H,10-11,15-19H2,1-2H3. The minimum atomic E-state index is 0.189. The van der Waals surface area contributed by atoms with Gasteiger partial charge in [-0.2, -0.15) is 0 Å². The number of aromatic nitrogens is 2. The van der Waals surface area contributed by atoms with E-state index in [0.717, 1.165) is 72.4 Å². The fraction of sp³-hybridized carbons (Fsp3) is 0.333. The van der Waals surface area contributed by atoms with Gasteiger partial charge in [-0.05, 0) is 60.0 Å². The first-order valence-electron chi connectivity index (χ1n) is 12.9. The zero-order valence-electron chi connectivity index (χ0n) is 21.2. The summed E-state index contributed by atoms with van der Waals surface area (Å²) < 4.78 is 13.7. The highest BCUT2D eigenvalue weighted by Gasteiger charge is 2.52. The van der Waals surface area contributed by atoms with Crippen molar-refractivity contribution in [2.24, 2.45) is 5.41 Å². The Morgan fingerprint density at radius 2 is 1.78 bits per heavy atom. The molecule has 0 atom stereocenters. The lowest BCUT2D eigenvalue weighted by Crippen LogP contribution is -2.72. The molecule has 2 fully saturated rings. The van der Waals surface area contributed by atoms with E-state index < -0.39 is 0 Å². The summed E-state index contributed by atoms with van der Waals surface area (Å²) in [4.78, 5) is 20.9. The Labute approximate surface area is 216 Å². The van der Waals surface area contributed by atoms with Crippen LogP contribution in [0.1, 0.15) is 18.2 Å². The van der Waals surface area contributed by atoms with Crippen LogP contribution in [0.3, 0.4) is 0 Å². The number of aryl methyl sites for hydroxylation is 1. The normalized spacial score (nSPS) is 18.1. The Morgan fingerprint density at radius 1 is 0.973 bits per heavy atom. The number of fused-ring (bicyclic) bond motifs is 2. The van der Waals surface area contributed by atoms with Crippen LogP contribution >= 0.6 is 0 Å². The molecular formula is C30H30N4O3. The van der Waals surface area contributed by atoms with Crippen LogP contribution in [0.4, 0.5) is 0 Å². The molecule has 2 aromatic carbocycles. The molecule has 3 aliphatic rings. The van der Waals surface area contributed by atoms with Crippen molar-refractivity contribution in [3.63, 3.8) is 0 Å². The largest absolute Gasteiger partial charge is 0.486 e. The van der Waals surface area contributed by atoms with Gasteiger partial charge in [-0.1, -0.05) is 18.2 Å². The maximum absolute atomic E-state index is 11.6. The third-order valence-corrected chi connectivity index (χ3v) is 7.85. The van der Waals surface area contributed by atoms with Crippen molar-refractivity contribution in [1.82, 2.24) is 19.4 Å². The van der Waals surface area contributed by atoms with Crippen LogP contribution < -0.4 is 9.47 Å². The number of benzene rings is 2. The van der Waals surface area contributed by atoms with Crippen LogP contribution in [0.15, 0.2) is 60.8 Å². The molecule has 1 spiro atoms. The summed E-state index contributed by atoms with van der Waals surface area (Å²) >= 11 is 0.